The summed E-state index contributed by atoms with van der Waals surface area (Å²) in [7, 11) is 0. The number of hydrogen-bond donors (Lipinski definition) is 4. The van der Waals surface area contributed by atoms with E-state index in [1.165, 1.54) is 5.48 Å². The van der Waals surface area contributed by atoms with Crippen molar-refractivity contribution in [2.75, 3.05) is 5.32 Å². The molecule has 4 N–H and O–H groups in total. The van der Waals surface area contributed by atoms with Crippen molar-refractivity contribution in [1.29, 1.82) is 0 Å². The lowest BCUT2D eigenvalue weighted by Crippen LogP contribution is -2.47. The maximum absolute atomic E-state index is 11.7. The van der Waals surface area contributed by atoms with Gasteiger partial charge in [-0.05, 0) is 30.7 Å². The van der Waals surface area contributed by atoms with E-state index in [0.717, 1.165) is 4.47 Å². The zero-order chi connectivity index (χ0) is 14.3. The molecular formula is C12H16BrN3O3. The normalized spacial score (nSPS) is 11.5. The van der Waals surface area contributed by atoms with E-state index < -0.39 is 18.0 Å². The molecule has 0 heterocycles. The molecule has 0 spiro atoms. The molecular weight excluding hydrogens is 314 g/mol. The molecule has 1 atom stereocenters. The summed E-state index contributed by atoms with van der Waals surface area (Å²) in [6.45, 7) is 1.88. The summed E-state index contributed by atoms with van der Waals surface area (Å²) in [5.74, 6) is -0.632. The Bertz CT molecular complexity index is 436. The topological polar surface area (TPSA) is 90.5 Å². The molecule has 7 heteroatoms. The fourth-order valence-corrected chi connectivity index (χ4v) is 1.76. The summed E-state index contributed by atoms with van der Waals surface area (Å²) in [5.41, 5.74) is 2.15. The van der Waals surface area contributed by atoms with Gasteiger partial charge in [-0.2, -0.15) is 0 Å². The fraction of sp³-hybridized carbons (Fsp3) is 0.333. The van der Waals surface area contributed by atoms with Crippen LogP contribution in [0.5, 0.6) is 0 Å². The Kier molecular flexibility index (Phi) is 6.31. The minimum absolute atomic E-state index is 0.445. The van der Waals surface area contributed by atoms with Crippen molar-refractivity contribution in [2.45, 2.75) is 25.8 Å². The molecule has 1 rings (SSSR count). The molecule has 6 nitrogen and oxygen atoms in total. The van der Waals surface area contributed by atoms with Crippen molar-refractivity contribution in [1.82, 2.24) is 10.8 Å². The summed E-state index contributed by atoms with van der Waals surface area (Å²) in [5, 5.41) is 13.7. The van der Waals surface area contributed by atoms with Crippen molar-refractivity contribution in [2.24, 2.45) is 0 Å². The van der Waals surface area contributed by atoms with Gasteiger partial charge in [0.1, 0.15) is 6.04 Å². The highest BCUT2D eigenvalue weighted by Crippen LogP contribution is 2.13. The maximum Gasteiger partial charge on any atom is 0.319 e. The van der Waals surface area contributed by atoms with E-state index in [4.69, 9.17) is 5.21 Å². The van der Waals surface area contributed by atoms with E-state index in [1.54, 1.807) is 24.3 Å². The first-order chi connectivity index (χ1) is 9.06. The second-order valence-electron chi connectivity index (χ2n) is 3.92. The summed E-state index contributed by atoms with van der Waals surface area (Å²) in [6.07, 6.45) is 1.15. The molecule has 0 fully saturated rings. The first-order valence-corrected chi connectivity index (χ1v) is 6.63. The second-order valence-corrected chi connectivity index (χ2v) is 4.84. The van der Waals surface area contributed by atoms with Crippen LogP contribution in [0.1, 0.15) is 19.8 Å². The maximum atomic E-state index is 11.7. The molecule has 104 valence electrons. The van der Waals surface area contributed by atoms with Gasteiger partial charge in [0.05, 0.1) is 0 Å². The Morgan fingerprint density at radius 3 is 2.47 bits per heavy atom. The number of hydrogen-bond acceptors (Lipinski definition) is 3. The highest BCUT2D eigenvalue weighted by Gasteiger charge is 2.19. The van der Waals surface area contributed by atoms with Crippen LogP contribution in [0.4, 0.5) is 10.5 Å². The number of anilines is 1. The number of hydroxylamine groups is 1. The van der Waals surface area contributed by atoms with Gasteiger partial charge in [0.25, 0.3) is 5.91 Å². The Hall–Kier alpha value is -1.60. The average molecular weight is 330 g/mol. The summed E-state index contributed by atoms with van der Waals surface area (Å²) < 4.78 is 0.905. The van der Waals surface area contributed by atoms with Gasteiger partial charge < -0.3 is 10.6 Å². The highest BCUT2D eigenvalue weighted by atomic mass is 79.9. The van der Waals surface area contributed by atoms with Gasteiger partial charge in [0.15, 0.2) is 0 Å². The van der Waals surface area contributed by atoms with Gasteiger partial charge in [0, 0.05) is 10.2 Å². The Labute approximate surface area is 119 Å². The van der Waals surface area contributed by atoms with Crippen LogP contribution in [0, 0.1) is 0 Å². The minimum atomic E-state index is -0.759. The molecule has 0 aliphatic heterocycles. The number of amides is 3. The standard InChI is InChI=1S/C12H16BrN3O3/c1-2-3-10(11(17)16-19)15-12(18)14-9-6-4-8(13)5-7-9/h4-7,10,19H,2-3H2,1H3,(H,16,17)(H2,14,15,18)/t10-/m0/s1. The molecule has 0 radical (unpaired) electrons. The third-order valence-electron chi connectivity index (χ3n) is 2.41. The molecule has 0 bridgehead atoms. The lowest BCUT2D eigenvalue weighted by atomic mass is 10.1. The molecule has 1 aromatic rings. The van der Waals surface area contributed by atoms with Crippen LogP contribution < -0.4 is 16.1 Å². The fourth-order valence-electron chi connectivity index (χ4n) is 1.49. The Balaban J connectivity index is 2.57. The first-order valence-electron chi connectivity index (χ1n) is 5.83. The predicted molar refractivity (Wildman–Crippen MR) is 74.9 cm³/mol. The van der Waals surface area contributed by atoms with Gasteiger partial charge in [0.2, 0.25) is 0 Å². The monoisotopic (exact) mass is 329 g/mol. The molecule has 0 aliphatic rings. The first kappa shape index (κ1) is 15.5. The number of carbonyl (C=O) groups excluding carboxylic acids is 2. The van der Waals surface area contributed by atoms with Crippen LogP contribution >= 0.6 is 15.9 Å². The molecule has 0 unspecified atom stereocenters. The van der Waals surface area contributed by atoms with Gasteiger partial charge in [-0.3, -0.25) is 10.0 Å². The zero-order valence-corrected chi connectivity index (χ0v) is 12.0. The van der Waals surface area contributed by atoms with Gasteiger partial charge >= 0.3 is 6.03 Å². The van der Waals surface area contributed by atoms with E-state index in [2.05, 4.69) is 26.6 Å². The summed E-state index contributed by atoms with van der Waals surface area (Å²) >= 11 is 3.29. The molecule has 0 aromatic heterocycles. The number of carbonyl (C=O) groups is 2. The lowest BCUT2D eigenvalue weighted by molar-refractivity contribution is -0.131. The number of halogens is 1. The van der Waals surface area contributed by atoms with Crippen LogP contribution in [0.25, 0.3) is 0 Å². The third-order valence-corrected chi connectivity index (χ3v) is 2.94. The number of urea groups is 1. The van der Waals surface area contributed by atoms with Crippen molar-refractivity contribution in [3.8, 4) is 0 Å². The van der Waals surface area contributed by atoms with Crippen molar-refractivity contribution in [3.05, 3.63) is 28.7 Å². The largest absolute Gasteiger partial charge is 0.326 e. The van der Waals surface area contributed by atoms with E-state index >= 15 is 0 Å². The Morgan fingerprint density at radius 2 is 1.95 bits per heavy atom. The lowest BCUT2D eigenvalue weighted by Gasteiger charge is -2.16. The SMILES string of the molecule is CCC[C@H](NC(=O)Nc1ccc(Br)cc1)C(=O)NO. The van der Waals surface area contributed by atoms with Crippen molar-refractivity contribution < 1.29 is 14.8 Å². The van der Waals surface area contributed by atoms with E-state index in [0.29, 0.717) is 18.5 Å². The van der Waals surface area contributed by atoms with Gasteiger partial charge in [-0.1, -0.05) is 29.3 Å². The van der Waals surface area contributed by atoms with E-state index in [1.807, 2.05) is 6.92 Å². The molecule has 0 aliphatic carbocycles. The minimum Gasteiger partial charge on any atom is -0.326 e. The summed E-state index contributed by atoms with van der Waals surface area (Å²) in [6, 6.07) is 5.78. The van der Waals surface area contributed by atoms with Crippen LogP contribution in [0.3, 0.4) is 0 Å². The Morgan fingerprint density at radius 1 is 1.32 bits per heavy atom. The highest BCUT2D eigenvalue weighted by molar-refractivity contribution is 9.10. The third kappa shape index (κ3) is 5.27. The van der Waals surface area contributed by atoms with Crippen LogP contribution in [0.2, 0.25) is 0 Å². The quantitative estimate of drug-likeness (QED) is 0.493. The van der Waals surface area contributed by atoms with Crippen molar-refractivity contribution in [3.63, 3.8) is 0 Å². The van der Waals surface area contributed by atoms with E-state index in [-0.39, 0.29) is 0 Å². The van der Waals surface area contributed by atoms with Crippen LogP contribution in [-0.2, 0) is 4.79 Å². The smallest absolute Gasteiger partial charge is 0.319 e. The summed E-state index contributed by atoms with van der Waals surface area (Å²) in [4.78, 5) is 23.0. The van der Waals surface area contributed by atoms with Crippen LogP contribution in [-0.4, -0.2) is 23.2 Å². The zero-order valence-electron chi connectivity index (χ0n) is 10.4. The molecule has 3 amide bonds. The van der Waals surface area contributed by atoms with Gasteiger partial charge in [-0.25, -0.2) is 10.3 Å². The number of rotatable bonds is 5. The molecule has 0 saturated carbocycles. The van der Waals surface area contributed by atoms with Gasteiger partial charge in [-0.15, -0.1) is 0 Å². The average Bonchev–Trinajstić information content (AvgIpc) is 2.40. The second kappa shape index (κ2) is 7.75. The molecule has 0 saturated heterocycles. The number of benzene rings is 1. The predicted octanol–water partition coefficient (Wildman–Crippen LogP) is 2.24. The molecule has 1 aromatic carbocycles. The van der Waals surface area contributed by atoms with Crippen molar-refractivity contribution >= 4 is 33.6 Å². The number of nitrogens with one attached hydrogen (secondary N) is 3. The van der Waals surface area contributed by atoms with E-state index in [9.17, 15) is 9.59 Å². The van der Waals surface area contributed by atoms with Crippen LogP contribution in [0.15, 0.2) is 28.7 Å². The molecule has 19 heavy (non-hydrogen) atoms.